The minimum absolute atomic E-state index is 0.0104. The Balaban J connectivity index is 1.41. The number of unbranched alkanes of at least 4 members (excludes halogenated alkanes) is 4. The number of allylic oxidation sites excluding steroid dienone is 8. The van der Waals surface area contributed by atoms with E-state index in [2.05, 4.69) is 80.6 Å². The van der Waals surface area contributed by atoms with E-state index in [0.717, 1.165) is 74.4 Å². The highest BCUT2D eigenvalue weighted by Crippen LogP contribution is 2.49. The second kappa shape index (κ2) is 17.4. The Morgan fingerprint density at radius 1 is 0.754 bits per heavy atom. The first-order valence-electron chi connectivity index (χ1n) is 21.8. The van der Waals surface area contributed by atoms with Crippen LogP contribution in [0, 0.1) is 0 Å². The summed E-state index contributed by atoms with van der Waals surface area (Å²) in [5, 5.41) is 10.9. The Labute approximate surface area is 359 Å². The third kappa shape index (κ3) is 8.34. The summed E-state index contributed by atoms with van der Waals surface area (Å²) in [5.74, 6) is 0.0104. The second-order valence-corrected chi connectivity index (χ2v) is 19.5. The lowest BCUT2D eigenvalue weighted by atomic mass is 9.83. The predicted octanol–water partition coefficient (Wildman–Crippen LogP) is 12.1. The van der Waals surface area contributed by atoms with E-state index in [4.69, 9.17) is 0 Å². The zero-order valence-corrected chi connectivity index (χ0v) is 37.2. The quantitative estimate of drug-likeness (QED) is 0.0976. The zero-order valence-electron chi connectivity index (χ0n) is 36.4. The number of nitrogens with zero attached hydrogens (tertiary/aromatic N) is 3. The normalized spacial score (nSPS) is 19.9. The maximum atomic E-state index is 15.0. The zero-order chi connectivity index (χ0) is 43.7. The standard InChI is InChI=1S/C50H59F3N4O3S/c1-7-9-15-30-55-43-19-13-11-17-40(43)48(3,4)45(55)27-23-35-21-22-36(24-28-46-49(5,6)41-18-12-14-20-44(41)56(46)31-16-10-8-2)47(35)57(61(59,60)50(51,52)53)32-29-37-34-54-42-26-25-38(58)33-39(37)42/h11-14,17-20,23-28,33-34,54H,7-10,15-16,21-22,29-32H2,1-6H3/p+1. The summed E-state index contributed by atoms with van der Waals surface area (Å²) in [7, 11) is -5.87. The average molecular weight is 854 g/mol. The molecule has 1 aromatic heterocycles. The molecule has 4 aromatic rings. The summed E-state index contributed by atoms with van der Waals surface area (Å²) < 4.78 is 73.4. The molecule has 0 unspecified atom stereocenters. The van der Waals surface area contributed by atoms with Crippen LogP contribution in [0.4, 0.5) is 24.5 Å². The van der Waals surface area contributed by atoms with Crippen LogP contribution in [0.2, 0.25) is 0 Å². The molecule has 0 bridgehead atoms. The van der Waals surface area contributed by atoms with E-state index in [1.165, 1.54) is 17.2 Å². The van der Waals surface area contributed by atoms with Gasteiger partial charge in [0, 0.05) is 81.4 Å². The number of aromatic nitrogens is 1. The van der Waals surface area contributed by atoms with E-state index in [0.29, 0.717) is 44.4 Å². The lowest BCUT2D eigenvalue weighted by Gasteiger charge is -2.27. The first-order valence-corrected chi connectivity index (χ1v) is 23.3. The minimum atomic E-state index is -5.87. The fourth-order valence-corrected chi connectivity index (χ4v) is 10.6. The lowest BCUT2D eigenvalue weighted by molar-refractivity contribution is -0.376. The number of fused-ring (bicyclic) bond motifs is 3. The van der Waals surface area contributed by atoms with Gasteiger partial charge in [-0.3, -0.25) is 0 Å². The van der Waals surface area contributed by atoms with E-state index in [-0.39, 0.29) is 17.9 Å². The number of phenols is 1. The van der Waals surface area contributed by atoms with Crippen LogP contribution in [0.15, 0.2) is 120 Å². The smallest absolute Gasteiger partial charge is 0.508 e. The number of hydrogen-bond donors (Lipinski definition) is 2. The number of H-pyrrole nitrogens is 1. The fraction of sp³-hybridized carbons (Fsp3) is 0.420. The molecule has 3 aromatic carbocycles. The summed E-state index contributed by atoms with van der Waals surface area (Å²) >= 11 is 0. The van der Waals surface area contributed by atoms with E-state index in [9.17, 15) is 26.7 Å². The summed E-state index contributed by atoms with van der Waals surface area (Å²) in [6.07, 6.45) is 16.4. The van der Waals surface area contributed by atoms with Crippen LogP contribution in [0.3, 0.4) is 0 Å². The number of aromatic hydroxyl groups is 1. The van der Waals surface area contributed by atoms with Crippen LogP contribution >= 0.6 is 0 Å². The second-order valence-electron chi connectivity index (χ2n) is 17.7. The van der Waals surface area contributed by atoms with Crippen molar-refractivity contribution in [1.82, 2.24) is 4.98 Å². The molecule has 1 aliphatic carbocycles. The number of nitrogens with one attached hydrogen (secondary N) is 1. The van der Waals surface area contributed by atoms with Gasteiger partial charge >= 0.3 is 15.5 Å². The number of para-hydroxylation sites is 2. The number of rotatable bonds is 14. The Morgan fingerprint density at radius 3 is 1.75 bits per heavy atom. The molecule has 2 N–H and O–H groups in total. The van der Waals surface area contributed by atoms with Crippen molar-refractivity contribution >= 4 is 38.0 Å². The van der Waals surface area contributed by atoms with E-state index in [1.54, 1.807) is 18.3 Å². The molecule has 11 heteroatoms. The highest BCUT2D eigenvalue weighted by atomic mass is 32.2. The van der Waals surface area contributed by atoms with Crippen molar-refractivity contribution in [2.24, 2.45) is 0 Å². The molecule has 61 heavy (non-hydrogen) atoms. The van der Waals surface area contributed by atoms with Gasteiger partial charge < -0.3 is 19.9 Å². The maximum absolute atomic E-state index is 15.0. The van der Waals surface area contributed by atoms with E-state index >= 15 is 0 Å². The van der Waals surface area contributed by atoms with Gasteiger partial charge in [0.25, 0.3) is 0 Å². The average Bonchev–Trinajstić information content (AvgIpc) is 3.92. The molecule has 0 atom stereocenters. The topological polar surface area (TPSA) is 79.7 Å². The third-order valence-corrected chi connectivity index (χ3v) is 14.4. The molecule has 7 nitrogen and oxygen atoms in total. The monoisotopic (exact) mass is 853 g/mol. The molecule has 7 rings (SSSR count). The van der Waals surface area contributed by atoms with E-state index < -0.39 is 32.9 Å². The Kier molecular flexibility index (Phi) is 12.6. The van der Waals surface area contributed by atoms with Crippen LogP contribution < -0.4 is 9.80 Å². The molecule has 2 aliphatic heterocycles. The van der Waals surface area contributed by atoms with Crippen LogP contribution in [0.5, 0.6) is 5.75 Å². The summed E-state index contributed by atoms with van der Waals surface area (Å²) in [6.45, 7) is 14.1. The minimum Gasteiger partial charge on any atom is -0.508 e. The number of aromatic amines is 1. The Morgan fingerprint density at radius 2 is 1.26 bits per heavy atom. The van der Waals surface area contributed by atoms with Crippen molar-refractivity contribution in [2.45, 2.75) is 116 Å². The summed E-state index contributed by atoms with van der Waals surface area (Å²) in [5.41, 5.74) is 2.73. The lowest BCUT2D eigenvalue weighted by Crippen LogP contribution is -2.39. The van der Waals surface area contributed by atoms with Crippen molar-refractivity contribution < 1.29 is 30.7 Å². The fourth-order valence-electron chi connectivity index (χ4n) is 9.59. The third-order valence-electron chi connectivity index (χ3n) is 12.9. The highest BCUT2D eigenvalue weighted by molar-refractivity contribution is 7.86. The number of halogens is 3. The molecule has 3 aliphatic rings. The van der Waals surface area contributed by atoms with Gasteiger partial charge in [-0.05, 0) is 84.9 Å². The Bertz CT molecular complexity index is 2450. The first-order chi connectivity index (χ1) is 29.0. The molecule has 0 saturated heterocycles. The molecule has 0 amide bonds. The van der Waals surface area contributed by atoms with Gasteiger partial charge in [-0.15, -0.1) is 3.98 Å². The molecular weight excluding hydrogens is 794 g/mol. The van der Waals surface area contributed by atoms with Crippen molar-refractivity contribution in [3.63, 3.8) is 0 Å². The van der Waals surface area contributed by atoms with Crippen LogP contribution in [0.25, 0.3) is 10.9 Å². The van der Waals surface area contributed by atoms with Crippen molar-refractivity contribution in [1.29, 1.82) is 0 Å². The first kappa shape index (κ1) is 44.0. The summed E-state index contributed by atoms with van der Waals surface area (Å²) in [4.78, 5) is 7.76. The SMILES string of the molecule is CCCCCN1/C(=C/C=C2\CC/C(=C\C=C3\N(CCCCC)c4ccccc4C3(C)C)C2=[N+](CCc2c[nH]c3ccc(O)cc23)S(=O)(=O)C(F)(F)F)C(C)(C)c2ccccc21. The number of anilines is 2. The number of benzene rings is 3. The van der Waals surface area contributed by atoms with Crippen LogP contribution in [-0.4, -0.2) is 53.3 Å². The van der Waals surface area contributed by atoms with Crippen molar-refractivity contribution in [3.05, 3.63) is 136 Å². The predicted molar refractivity (Wildman–Crippen MR) is 243 cm³/mol. The van der Waals surface area contributed by atoms with Gasteiger partial charge in [0.15, 0.2) is 6.54 Å². The number of sulfonamides is 1. The molecular formula is C50H60F3N4O3S+. The van der Waals surface area contributed by atoms with Gasteiger partial charge in [-0.25, -0.2) is 0 Å². The summed E-state index contributed by atoms with van der Waals surface area (Å²) in [6, 6.07) is 21.4. The van der Waals surface area contributed by atoms with Crippen molar-refractivity contribution in [3.8, 4) is 5.75 Å². The van der Waals surface area contributed by atoms with Crippen LogP contribution in [-0.2, 0) is 27.3 Å². The Hall–Kier alpha value is -5.03. The van der Waals surface area contributed by atoms with Gasteiger partial charge in [-0.2, -0.15) is 21.6 Å². The molecule has 0 radical (unpaired) electrons. The number of alkyl halides is 3. The molecule has 1 fully saturated rings. The highest BCUT2D eigenvalue weighted by Gasteiger charge is 2.57. The molecule has 0 spiro atoms. The van der Waals surface area contributed by atoms with Gasteiger partial charge in [0.05, 0.1) is 0 Å². The van der Waals surface area contributed by atoms with E-state index in [1.807, 2.05) is 48.6 Å². The van der Waals surface area contributed by atoms with Gasteiger partial charge in [-0.1, -0.05) is 116 Å². The molecule has 324 valence electrons. The molecule has 1 saturated carbocycles. The van der Waals surface area contributed by atoms with Gasteiger partial charge in [0.1, 0.15) is 5.75 Å². The number of phenolic OH excluding ortho intramolecular Hbond substituents is 1. The van der Waals surface area contributed by atoms with Crippen LogP contribution in [0.1, 0.15) is 110 Å². The maximum Gasteiger partial charge on any atom is 0.560 e. The number of hydrogen-bond acceptors (Lipinski definition) is 5. The largest absolute Gasteiger partial charge is 0.560 e. The van der Waals surface area contributed by atoms with Gasteiger partial charge in [0.2, 0.25) is 5.71 Å². The van der Waals surface area contributed by atoms with Crippen molar-refractivity contribution in [2.75, 3.05) is 29.4 Å². The molecule has 3 heterocycles.